The van der Waals surface area contributed by atoms with E-state index in [1.165, 1.54) is 18.3 Å². The summed E-state index contributed by atoms with van der Waals surface area (Å²) in [5, 5.41) is 5.56. The molecule has 26 heavy (non-hydrogen) atoms. The van der Waals surface area contributed by atoms with E-state index < -0.39 is 5.54 Å². The van der Waals surface area contributed by atoms with Gasteiger partial charge in [0.2, 0.25) is 5.91 Å². The van der Waals surface area contributed by atoms with Crippen molar-refractivity contribution in [3.63, 3.8) is 0 Å². The Bertz CT molecular complexity index is 804. The van der Waals surface area contributed by atoms with Gasteiger partial charge in [-0.1, -0.05) is 12.1 Å². The fourth-order valence-electron chi connectivity index (χ4n) is 2.62. The van der Waals surface area contributed by atoms with Gasteiger partial charge in [0.15, 0.2) is 0 Å². The van der Waals surface area contributed by atoms with Gasteiger partial charge < -0.3 is 15.4 Å². The van der Waals surface area contributed by atoms with Crippen LogP contribution < -0.4 is 10.6 Å². The van der Waals surface area contributed by atoms with Gasteiger partial charge in [0.25, 0.3) is 5.91 Å². The van der Waals surface area contributed by atoms with Crippen LogP contribution >= 0.6 is 0 Å². The van der Waals surface area contributed by atoms with Crippen molar-refractivity contribution in [3.05, 3.63) is 54.1 Å². The molecule has 2 aromatic rings. The summed E-state index contributed by atoms with van der Waals surface area (Å²) in [4.78, 5) is 28.9. The molecule has 2 N–H and O–H groups in total. The molecule has 1 fully saturated rings. The van der Waals surface area contributed by atoms with Crippen molar-refractivity contribution in [3.8, 4) is 11.1 Å². The Morgan fingerprint density at radius 1 is 1.19 bits per heavy atom. The quantitative estimate of drug-likeness (QED) is 0.742. The fraction of sp³-hybridized carbons (Fsp3) is 0.316. The minimum atomic E-state index is -0.850. The molecule has 1 aromatic heterocycles. The molecule has 7 heteroatoms. The lowest BCUT2D eigenvalue weighted by Crippen LogP contribution is -2.49. The molecule has 0 radical (unpaired) electrons. The Hall–Kier alpha value is -2.80. The lowest BCUT2D eigenvalue weighted by atomic mass is 10.1. The number of rotatable bonds is 7. The van der Waals surface area contributed by atoms with Crippen molar-refractivity contribution in [2.75, 3.05) is 20.3 Å². The highest BCUT2D eigenvalue weighted by molar-refractivity contribution is 6.01. The molecular weight excluding hydrogens is 337 g/mol. The number of aromatic nitrogens is 1. The third kappa shape index (κ3) is 4.05. The lowest BCUT2D eigenvalue weighted by Gasteiger charge is -2.17. The Labute approximate surface area is 150 Å². The molecule has 136 valence electrons. The van der Waals surface area contributed by atoms with Crippen LogP contribution in [-0.2, 0) is 9.53 Å². The van der Waals surface area contributed by atoms with Crippen molar-refractivity contribution in [2.24, 2.45) is 0 Å². The van der Waals surface area contributed by atoms with Crippen LogP contribution in [0.2, 0.25) is 0 Å². The highest BCUT2D eigenvalue weighted by atomic mass is 19.1. The molecule has 0 aliphatic heterocycles. The van der Waals surface area contributed by atoms with Crippen LogP contribution in [0.25, 0.3) is 11.1 Å². The number of benzene rings is 1. The topological polar surface area (TPSA) is 80.3 Å². The summed E-state index contributed by atoms with van der Waals surface area (Å²) in [6.45, 7) is 0.813. The van der Waals surface area contributed by atoms with E-state index in [0.717, 1.165) is 5.56 Å². The second kappa shape index (κ2) is 7.61. The number of halogens is 1. The van der Waals surface area contributed by atoms with Crippen molar-refractivity contribution in [1.82, 2.24) is 15.6 Å². The summed E-state index contributed by atoms with van der Waals surface area (Å²) in [5.41, 5.74) is 0.957. The van der Waals surface area contributed by atoms with Crippen molar-refractivity contribution < 1.29 is 18.7 Å². The van der Waals surface area contributed by atoms with Gasteiger partial charge in [0.1, 0.15) is 11.4 Å². The zero-order valence-electron chi connectivity index (χ0n) is 14.4. The van der Waals surface area contributed by atoms with Gasteiger partial charge in [0, 0.05) is 31.6 Å². The predicted molar refractivity (Wildman–Crippen MR) is 93.9 cm³/mol. The molecule has 0 atom stereocenters. The number of carbonyl (C=O) groups excluding carboxylic acids is 2. The van der Waals surface area contributed by atoms with Gasteiger partial charge in [-0.15, -0.1) is 0 Å². The van der Waals surface area contributed by atoms with Crippen molar-refractivity contribution in [2.45, 2.75) is 18.4 Å². The largest absolute Gasteiger partial charge is 0.383 e. The first-order chi connectivity index (χ1) is 12.5. The van der Waals surface area contributed by atoms with Crippen LogP contribution in [0.15, 0.2) is 42.7 Å². The Morgan fingerprint density at radius 2 is 1.92 bits per heavy atom. The molecule has 1 aliphatic rings. The van der Waals surface area contributed by atoms with Gasteiger partial charge in [0.05, 0.1) is 12.2 Å². The smallest absolute Gasteiger partial charge is 0.253 e. The maximum atomic E-state index is 13.1. The SMILES string of the molecule is COCCNC(=O)C1(NC(=O)c2cncc(-c3ccc(F)cc3)c2)CC1. The van der Waals surface area contributed by atoms with E-state index >= 15 is 0 Å². The highest BCUT2D eigenvalue weighted by Gasteiger charge is 2.51. The van der Waals surface area contributed by atoms with Gasteiger partial charge in [-0.3, -0.25) is 14.6 Å². The molecule has 2 amide bonds. The Kier molecular flexibility index (Phi) is 5.27. The molecule has 3 rings (SSSR count). The van der Waals surface area contributed by atoms with E-state index in [-0.39, 0.29) is 17.6 Å². The summed E-state index contributed by atoms with van der Waals surface area (Å²) in [6, 6.07) is 7.63. The predicted octanol–water partition coefficient (Wildman–Crippen LogP) is 1.91. The monoisotopic (exact) mass is 357 g/mol. The van der Waals surface area contributed by atoms with Gasteiger partial charge in [-0.05, 0) is 36.6 Å². The van der Waals surface area contributed by atoms with Crippen LogP contribution in [0.4, 0.5) is 4.39 Å². The molecule has 6 nitrogen and oxygen atoms in total. The summed E-state index contributed by atoms with van der Waals surface area (Å²) in [5.74, 6) is -0.892. The molecule has 1 aliphatic carbocycles. The summed E-state index contributed by atoms with van der Waals surface area (Å²) < 4.78 is 18.0. The standard InChI is InChI=1S/C19H20FN3O3/c1-26-9-8-22-18(25)19(6-7-19)23-17(24)15-10-14(11-21-12-15)13-2-4-16(20)5-3-13/h2-5,10-12H,6-9H2,1H3,(H,22,25)(H,23,24). The first-order valence-electron chi connectivity index (χ1n) is 8.35. The number of pyridine rings is 1. The lowest BCUT2D eigenvalue weighted by molar-refractivity contribution is -0.124. The summed E-state index contributed by atoms with van der Waals surface area (Å²) in [7, 11) is 1.56. The zero-order valence-corrected chi connectivity index (χ0v) is 14.4. The van der Waals surface area contributed by atoms with Crippen LogP contribution in [-0.4, -0.2) is 42.6 Å². The molecule has 0 spiro atoms. The Balaban J connectivity index is 1.69. The molecule has 1 saturated carbocycles. The number of methoxy groups -OCH3 is 1. The third-order valence-corrected chi connectivity index (χ3v) is 4.31. The number of ether oxygens (including phenoxy) is 1. The first-order valence-corrected chi connectivity index (χ1v) is 8.35. The molecule has 0 bridgehead atoms. The van der Waals surface area contributed by atoms with E-state index in [4.69, 9.17) is 4.74 Å². The molecule has 1 heterocycles. The molecule has 0 unspecified atom stereocenters. The summed E-state index contributed by atoms with van der Waals surface area (Å²) in [6.07, 6.45) is 4.25. The minimum Gasteiger partial charge on any atom is -0.383 e. The number of hydrogen-bond donors (Lipinski definition) is 2. The number of nitrogens with one attached hydrogen (secondary N) is 2. The number of amides is 2. The minimum absolute atomic E-state index is 0.203. The van der Waals surface area contributed by atoms with Gasteiger partial charge in [-0.2, -0.15) is 0 Å². The molecular formula is C19H20FN3O3. The average molecular weight is 357 g/mol. The van der Waals surface area contributed by atoms with E-state index in [0.29, 0.717) is 37.1 Å². The van der Waals surface area contributed by atoms with E-state index in [2.05, 4.69) is 15.6 Å². The second-order valence-corrected chi connectivity index (χ2v) is 6.25. The van der Waals surface area contributed by atoms with E-state index in [1.54, 1.807) is 31.5 Å². The normalized spacial score (nSPS) is 14.5. The number of carbonyl (C=O) groups is 2. The van der Waals surface area contributed by atoms with Crippen molar-refractivity contribution in [1.29, 1.82) is 0 Å². The van der Waals surface area contributed by atoms with Gasteiger partial charge in [-0.25, -0.2) is 4.39 Å². The maximum absolute atomic E-state index is 13.1. The van der Waals surface area contributed by atoms with E-state index in [9.17, 15) is 14.0 Å². The Morgan fingerprint density at radius 3 is 2.58 bits per heavy atom. The van der Waals surface area contributed by atoms with Crippen LogP contribution in [0.3, 0.4) is 0 Å². The van der Waals surface area contributed by atoms with Gasteiger partial charge >= 0.3 is 0 Å². The average Bonchev–Trinajstić information content (AvgIpc) is 3.43. The fourth-order valence-corrected chi connectivity index (χ4v) is 2.62. The first kappa shape index (κ1) is 18.0. The summed E-state index contributed by atoms with van der Waals surface area (Å²) >= 11 is 0. The number of hydrogen-bond acceptors (Lipinski definition) is 4. The maximum Gasteiger partial charge on any atom is 0.253 e. The molecule has 1 aromatic carbocycles. The van der Waals surface area contributed by atoms with Crippen LogP contribution in [0.1, 0.15) is 23.2 Å². The highest BCUT2D eigenvalue weighted by Crippen LogP contribution is 2.36. The zero-order chi connectivity index (χ0) is 18.6. The van der Waals surface area contributed by atoms with Crippen molar-refractivity contribution >= 4 is 11.8 Å². The second-order valence-electron chi connectivity index (χ2n) is 6.25. The van der Waals surface area contributed by atoms with E-state index in [1.807, 2.05) is 0 Å². The molecule has 0 saturated heterocycles. The van der Waals surface area contributed by atoms with Crippen LogP contribution in [0, 0.1) is 5.82 Å². The number of nitrogens with zero attached hydrogens (tertiary/aromatic N) is 1. The van der Waals surface area contributed by atoms with Crippen LogP contribution in [0.5, 0.6) is 0 Å². The third-order valence-electron chi connectivity index (χ3n) is 4.31.